The number of benzene rings is 1. The molecule has 28 heavy (non-hydrogen) atoms. The highest BCUT2D eigenvalue weighted by Gasteiger charge is 2.26. The van der Waals surface area contributed by atoms with Gasteiger partial charge in [0.15, 0.2) is 5.69 Å². The second kappa shape index (κ2) is 6.73. The quantitative estimate of drug-likeness (QED) is 0.496. The predicted octanol–water partition coefficient (Wildman–Crippen LogP) is 4.45. The van der Waals surface area contributed by atoms with Crippen LogP contribution in [0, 0.1) is 6.57 Å². The SMILES string of the molecule is [C-]#[N+]c1ccc2ncc3nc(Cc4ccon4)n([C@H]4CCO[C@@H](C)C4)c3c2c1. The lowest BCUT2D eigenvalue weighted by atomic mass is 10.0. The van der Waals surface area contributed by atoms with Crippen molar-refractivity contribution >= 4 is 27.6 Å². The number of imidazole rings is 1. The number of pyridine rings is 1. The molecule has 4 aromatic rings. The molecule has 0 saturated carbocycles. The van der Waals surface area contributed by atoms with E-state index >= 15 is 0 Å². The summed E-state index contributed by atoms with van der Waals surface area (Å²) < 4.78 is 13.1. The minimum atomic E-state index is 0.197. The fourth-order valence-corrected chi connectivity index (χ4v) is 4.10. The Hall–Kier alpha value is -3.24. The first kappa shape index (κ1) is 16.9. The summed E-state index contributed by atoms with van der Waals surface area (Å²) in [4.78, 5) is 13.1. The second-order valence-corrected chi connectivity index (χ2v) is 7.23. The van der Waals surface area contributed by atoms with Crippen LogP contribution >= 0.6 is 0 Å². The van der Waals surface area contributed by atoms with Crippen LogP contribution in [-0.4, -0.2) is 32.4 Å². The Morgan fingerprint density at radius 3 is 3.00 bits per heavy atom. The molecule has 0 amide bonds. The fourth-order valence-electron chi connectivity index (χ4n) is 4.10. The van der Waals surface area contributed by atoms with E-state index in [4.69, 9.17) is 20.8 Å². The largest absolute Gasteiger partial charge is 0.378 e. The third-order valence-corrected chi connectivity index (χ3v) is 5.35. The first-order valence-corrected chi connectivity index (χ1v) is 9.41. The molecule has 0 N–H and O–H groups in total. The summed E-state index contributed by atoms with van der Waals surface area (Å²) in [5.41, 5.74) is 4.19. The summed E-state index contributed by atoms with van der Waals surface area (Å²) in [6.07, 6.45) is 6.03. The standard InChI is InChI=1S/C21H19N5O2/c1-13-9-16(6-7-27-13)26-20(11-15-5-8-28-25-15)24-19-12-23-18-4-3-14(22-2)10-17(18)21(19)26/h3-5,8,10,12-13,16H,6-7,9,11H2,1H3/t13-,16-/m0/s1. The smallest absolute Gasteiger partial charge is 0.188 e. The average Bonchev–Trinajstić information content (AvgIpc) is 3.35. The van der Waals surface area contributed by atoms with Gasteiger partial charge < -0.3 is 13.8 Å². The lowest BCUT2D eigenvalue weighted by Gasteiger charge is -2.30. The average molecular weight is 373 g/mol. The summed E-state index contributed by atoms with van der Waals surface area (Å²) in [7, 11) is 0. The Labute approximate surface area is 161 Å². The van der Waals surface area contributed by atoms with E-state index in [1.165, 1.54) is 0 Å². The Balaban J connectivity index is 1.77. The van der Waals surface area contributed by atoms with Crippen molar-refractivity contribution in [3.05, 3.63) is 59.7 Å². The highest BCUT2D eigenvalue weighted by Crippen LogP contribution is 2.35. The van der Waals surface area contributed by atoms with E-state index in [1.54, 1.807) is 6.26 Å². The van der Waals surface area contributed by atoms with Crippen LogP contribution in [0.5, 0.6) is 0 Å². The van der Waals surface area contributed by atoms with Gasteiger partial charge in [0.1, 0.15) is 17.6 Å². The normalized spacial score (nSPS) is 19.9. The molecule has 1 aliphatic rings. The summed E-state index contributed by atoms with van der Waals surface area (Å²) >= 11 is 0. The summed E-state index contributed by atoms with van der Waals surface area (Å²) in [5.74, 6) is 0.936. The minimum Gasteiger partial charge on any atom is -0.378 e. The highest BCUT2D eigenvalue weighted by molar-refractivity contribution is 6.03. The lowest BCUT2D eigenvalue weighted by Crippen LogP contribution is -2.26. The van der Waals surface area contributed by atoms with Gasteiger partial charge in [-0.1, -0.05) is 11.2 Å². The van der Waals surface area contributed by atoms with Crippen LogP contribution < -0.4 is 0 Å². The van der Waals surface area contributed by atoms with Crippen molar-refractivity contribution in [3.63, 3.8) is 0 Å². The molecule has 0 aliphatic carbocycles. The zero-order chi connectivity index (χ0) is 19.1. The summed E-state index contributed by atoms with van der Waals surface area (Å²) in [5, 5.41) is 5.03. The maximum absolute atomic E-state index is 7.39. The molecule has 1 fully saturated rings. The number of aromatic nitrogens is 4. The molecule has 7 heteroatoms. The lowest BCUT2D eigenvalue weighted by molar-refractivity contribution is 0.00630. The maximum atomic E-state index is 7.39. The van der Waals surface area contributed by atoms with E-state index in [0.717, 1.165) is 52.9 Å². The molecule has 3 aromatic heterocycles. The number of hydrogen-bond acceptors (Lipinski definition) is 5. The van der Waals surface area contributed by atoms with Crippen molar-refractivity contribution in [2.45, 2.75) is 38.3 Å². The maximum Gasteiger partial charge on any atom is 0.188 e. The van der Waals surface area contributed by atoms with Crippen LogP contribution in [0.25, 0.3) is 26.8 Å². The number of nitrogens with zero attached hydrogens (tertiary/aromatic N) is 5. The van der Waals surface area contributed by atoms with Gasteiger partial charge in [-0.3, -0.25) is 4.98 Å². The van der Waals surface area contributed by atoms with E-state index in [9.17, 15) is 0 Å². The van der Waals surface area contributed by atoms with Crippen molar-refractivity contribution in [2.24, 2.45) is 0 Å². The van der Waals surface area contributed by atoms with E-state index < -0.39 is 0 Å². The van der Waals surface area contributed by atoms with Crippen LogP contribution in [0.4, 0.5) is 5.69 Å². The van der Waals surface area contributed by atoms with Crippen molar-refractivity contribution in [3.8, 4) is 0 Å². The monoisotopic (exact) mass is 373 g/mol. The van der Waals surface area contributed by atoms with Crippen molar-refractivity contribution in [2.75, 3.05) is 6.61 Å². The first-order valence-electron chi connectivity index (χ1n) is 9.41. The third-order valence-electron chi connectivity index (χ3n) is 5.35. The molecule has 1 aromatic carbocycles. The van der Waals surface area contributed by atoms with Gasteiger partial charge in [-0.15, -0.1) is 0 Å². The second-order valence-electron chi connectivity index (χ2n) is 7.23. The number of fused-ring (bicyclic) bond motifs is 3. The molecule has 0 bridgehead atoms. The summed E-state index contributed by atoms with van der Waals surface area (Å²) in [6.45, 7) is 10.2. The molecule has 5 rings (SSSR count). The van der Waals surface area contributed by atoms with Gasteiger partial charge in [-0.05, 0) is 31.9 Å². The highest BCUT2D eigenvalue weighted by atomic mass is 16.5. The van der Waals surface area contributed by atoms with E-state index in [1.807, 2.05) is 30.5 Å². The van der Waals surface area contributed by atoms with Gasteiger partial charge in [0.05, 0.1) is 42.0 Å². The predicted molar refractivity (Wildman–Crippen MR) is 104 cm³/mol. The molecule has 1 aliphatic heterocycles. The molecule has 0 radical (unpaired) electrons. The van der Waals surface area contributed by atoms with Crippen molar-refractivity contribution in [1.29, 1.82) is 0 Å². The molecule has 0 spiro atoms. The summed E-state index contributed by atoms with van der Waals surface area (Å²) in [6, 6.07) is 7.77. The zero-order valence-corrected chi connectivity index (χ0v) is 15.5. The van der Waals surface area contributed by atoms with Gasteiger partial charge in [0.2, 0.25) is 0 Å². The number of hydrogen-bond donors (Lipinski definition) is 0. The van der Waals surface area contributed by atoms with Crippen LogP contribution in [0.3, 0.4) is 0 Å². The van der Waals surface area contributed by atoms with E-state index in [-0.39, 0.29) is 12.1 Å². The molecule has 2 atom stereocenters. The Morgan fingerprint density at radius 1 is 1.29 bits per heavy atom. The number of rotatable bonds is 3. The zero-order valence-electron chi connectivity index (χ0n) is 15.5. The van der Waals surface area contributed by atoms with Crippen molar-refractivity contribution < 1.29 is 9.26 Å². The molecular weight excluding hydrogens is 354 g/mol. The Kier molecular flexibility index (Phi) is 4.06. The molecule has 1 saturated heterocycles. The molecule has 4 heterocycles. The van der Waals surface area contributed by atoms with Gasteiger partial charge in [0, 0.05) is 24.1 Å². The van der Waals surface area contributed by atoms with Crippen molar-refractivity contribution in [1.82, 2.24) is 19.7 Å². The first-order chi connectivity index (χ1) is 13.7. The van der Waals surface area contributed by atoms with Gasteiger partial charge in [-0.25, -0.2) is 9.83 Å². The van der Waals surface area contributed by atoms with Crippen LogP contribution in [-0.2, 0) is 11.2 Å². The van der Waals surface area contributed by atoms with E-state index in [0.29, 0.717) is 12.1 Å². The van der Waals surface area contributed by atoms with Crippen LogP contribution in [0.1, 0.15) is 37.3 Å². The fraction of sp³-hybridized carbons (Fsp3) is 0.333. The molecule has 0 unspecified atom stereocenters. The molecule has 140 valence electrons. The van der Waals surface area contributed by atoms with Crippen LogP contribution in [0.15, 0.2) is 41.2 Å². The van der Waals surface area contributed by atoms with E-state index in [2.05, 4.69) is 26.5 Å². The number of ether oxygens (including phenoxy) is 1. The van der Waals surface area contributed by atoms with Gasteiger partial charge >= 0.3 is 0 Å². The van der Waals surface area contributed by atoms with Gasteiger partial charge in [0.25, 0.3) is 0 Å². The topological polar surface area (TPSA) is 70.3 Å². The Bertz CT molecular complexity index is 1190. The third kappa shape index (κ3) is 2.83. The minimum absolute atomic E-state index is 0.197. The van der Waals surface area contributed by atoms with Gasteiger partial charge in [-0.2, -0.15) is 0 Å². The van der Waals surface area contributed by atoms with Crippen LogP contribution in [0.2, 0.25) is 0 Å². The molecule has 7 nitrogen and oxygen atoms in total. The Morgan fingerprint density at radius 2 is 2.21 bits per heavy atom. The molecular formula is C21H19N5O2.